The molecule has 2 rings (SSSR count). The second-order valence-electron chi connectivity index (χ2n) is 4.71. The third-order valence-electron chi connectivity index (χ3n) is 3.35. The molecule has 0 aliphatic carbocycles. The van der Waals surface area contributed by atoms with Crippen LogP contribution in [0.2, 0.25) is 0 Å². The van der Waals surface area contributed by atoms with E-state index >= 15 is 0 Å². The number of carbonyl (C=O) groups is 1. The lowest BCUT2D eigenvalue weighted by atomic mass is 10.0. The van der Waals surface area contributed by atoms with Gasteiger partial charge in [0.05, 0.1) is 5.92 Å². The van der Waals surface area contributed by atoms with E-state index in [1.807, 2.05) is 0 Å². The van der Waals surface area contributed by atoms with Crippen LogP contribution in [0.1, 0.15) is 12.8 Å². The summed E-state index contributed by atoms with van der Waals surface area (Å²) in [7, 11) is -4.41. The maximum Gasteiger partial charge on any atom is 0.307 e. The molecule has 1 aromatic carbocycles. The first kappa shape index (κ1) is 15.8. The monoisotopic (exact) mass is 323 g/mol. The molecule has 0 bridgehead atoms. The van der Waals surface area contributed by atoms with Gasteiger partial charge < -0.3 is 5.11 Å². The fourth-order valence-electron chi connectivity index (χ4n) is 2.21. The van der Waals surface area contributed by atoms with Crippen molar-refractivity contribution in [3.05, 3.63) is 29.6 Å². The highest BCUT2D eigenvalue weighted by molar-refractivity contribution is 7.89. The van der Waals surface area contributed by atoms with E-state index in [1.54, 1.807) is 0 Å². The number of sulfonamides is 1. The first-order valence-electron chi connectivity index (χ1n) is 6.11. The summed E-state index contributed by atoms with van der Waals surface area (Å²) in [6.07, 6.45) is 0.600. The number of aliphatic carboxylic acids is 1. The fraction of sp³-hybridized carbons (Fsp3) is 0.417. The Labute approximate surface area is 119 Å². The molecule has 0 saturated carbocycles. The summed E-state index contributed by atoms with van der Waals surface area (Å²) >= 11 is 0. The summed E-state index contributed by atoms with van der Waals surface area (Å²) in [5.41, 5.74) is 0. The molecule has 1 saturated heterocycles. The maximum atomic E-state index is 13.6. The summed E-state index contributed by atoms with van der Waals surface area (Å²) < 4.78 is 64.9. The van der Waals surface area contributed by atoms with Crippen LogP contribution in [0.5, 0.6) is 0 Å². The predicted molar refractivity (Wildman–Crippen MR) is 65.4 cm³/mol. The Morgan fingerprint density at radius 1 is 1.24 bits per heavy atom. The molecule has 1 fully saturated rings. The average Bonchev–Trinajstić information content (AvgIpc) is 2.44. The smallest absolute Gasteiger partial charge is 0.307 e. The van der Waals surface area contributed by atoms with Gasteiger partial charge in [0.1, 0.15) is 4.90 Å². The number of nitrogens with zero attached hydrogens (tertiary/aromatic N) is 1. The van der Waals surface area contributed by atoms with E-state index in [9.17, 15) is 26.4 Å². The zero-order chi connectivity index (χ0) is 15.8. The van der Waals surface area contributed by atoms with Gasteiger partial charge in [0.25, 0.3) is 0 Å². The molecular weight excluding hydrogens is 311 g/mol. The van der Waals surface area contributed by atoms with Crippen molar-refractivity contribution in [1.29, 1.82) is 0 Å². The summed E-state index contributed by atoms with van der Waals surface area (Å²) in [6, 6.07) is 1.15. The van der Waals surface area contributed by atoms with Crippen LogP contribution in [-0.2, 0) is 14.8 Å². The van der Waals surface area contributed by atoms with Crippen LogP contribution in [-0.4, -0.2) is 36.9 Å². The number of carboxylic acid groups (broad SMARTS) is 1. The molecule has 1 aliphatic heterocycles. The number of halogens is 3. The molecule has 9 heteroatoms. The normalized spacial score (nSPS) is 20.4. The molecule has 0 amide bonds. The first-order valence-corrected chi connectivity index (χ1v) is 7.55. The van der Waals surface area contributed by atoms with E-state index in [0.717, 1.165) is 4.31 Å². The number of benzene rings is 1. The molecule has 5 nitrogen and oxygen atoms in total. The topological polar surface area (TPSA) is 74.7 Å². The van der Waals surface area contributed by atoms with Crippen molar-refractivity contribution in [2.24, 2.45) is 5.92 Å². The molecule has 1 heterocycles. The van der Waals surface area contributed by atoms with Crippen molar-refractivity contribution in [1.82, 2.24) is 4.31 Å². The number of hydrogen-bond acceptors (Lipinski definition) is 3. The molecule has 1 aliphatic rings. The number of carboxylic acids is 1. The van der Waals surface area contributed by atoms with Gasteiger partial charge in [-0.1, -0.05) is 0 Å². The Bertz CT molecular complexity index is 677. The largest absolute Gasteiger partial charge is 0.481 e. The van der Waals surface area contributed by atoms with E-state index in [2.05, 4.69) is 0 Å². The molecule has 0 unspecified atom stereocenters. The van der Waals surface area contributed by atoms with Crippen LogP contribution >= 0.6 is 0 Å². The van der Waals surface area contributed by atoms with Crippen molar-refractivity contribution in [2.75, 3.05) is 13.1 Å². The SMILES string of the molecule is O=C(O)[C@H]1CCCN(S(=O)(=O)c2ccc(F)c(F)c2F)C1. The first-order chi connectivity index (χ1) is 9.75. The van der Waals surface area contributed by atoms with Crippen molar-refractivity contribution in [2.45, 2.75) is 17.7 Å². The molecule has 1 aromatic rings. The van der Waals surface area contributed by atoms with Crippen molar-refractivity contribution in [3.8, 4) is 0 Å². The lowest BCUT2D eigenvalue weighted by Gasteiger charge is -2.29. The Morgan fingerprint density at radius 2 is 1.90 bits per heavy atom. The minimum Gasteiger partial charge on any atom is -0.481 e. The summed E-state index contributed by atoms with van der Waals surface area (Å²) in [5.74, 6) is -7.22. The van der Waals surface area contributed by atoms with E-state index in [0.29, 0.717) is 25.0 Å². The lowest BCUT2D eigenvalue weighted by Crippen LogP contribution is -2.42. The highest BCUT2D eigenvalue weighted by atomic mass is 32.2. The Kier molecular flexibility index (Phi) is 4.24. The number of piperidine rings is 1. The second-order valence-corrected chi connectivity index (χ2v) is 6.62. The van der Waals surface area contributed by atoms with Crippen LogP contribution in [0.3, 0.4) is 0 Å². The quantitative estimate of drug-likeness (QED) is 0.857. The third-order valence-corrected chi connectivity index (χ3v) is 5.23. The van der Waals surface area contributed by atoms with E-state index in [1.165, 1.54) is 0 Å². The van der Waals surface area contributed by atoms with E-state index in [4.69, 9.17) is 5.11 Å². The van der Waals surface area contributed by atoms with Gasteiger partial charge in [-0.25, -0.2) is 21.6 Å². The Morgan fingerprint density at radius 3 is 2.52 bits per heavy atom. The Hall–Kier alpha value is -1.61. The van der Waals surface area contributed by atoms with Gasteiger partial charge >= 0.3 is 5.97 Å². The molecule has 1 atom stereocenters. The van der Waals surface area contributed by atoms with Gasteiger partial charge in [-0.15, -0.1) is 0 Å². The van der Waals surface area contributed by atoms with Crippen LogP contribution in [0, 0.1) is 23.4 Å². The highest BCUT2D eigenvalue weighted by Gasteiger charge is 2.35. The van der Waals surface area contributed by atoms with Gasteiger partial charge in [0.2, 0.25) is 10.0 Å². The molecule has 1 N–H and O–H groups in total. The van der Waals surface area contributed by atoms with Gasteiger partial charge in [0, 0.05) is 13.1 Å². The van der Waals surface area contributed by atoms with Gasteiger partial charge in [-0.05, 0) is 25.0 Å². The lowest BCUT2D eigenvalue weighted by molar-refractivity contribution is -0.142. The zero-order valence-electron chi connectivity index (χ0n) is 10.7. The number of hydrogen-bond donors (Lipinski definition) is 1. The standard InChI is InChI=1S/C12H12F3NO4S/c13-8-3-4-9(11(15)10(8)14)21(19,20)16-5-1-2-7(6-16)12(17)18/h3-4,7H,1-2,5-6H2,(H,17,18)/t7-/m0/s1. The summed E-state index contributed by atoms with van der Waals surface area (Å²) in [6.45, 7) is -0.319. The highest BCUT2D eigenvalue weighted by Crippen LogP contribution is 2.27. The van der Waals surface area contributed by atoms with Gasteiger partial charge in [0.15, 0.2) is 17.5 Å². The van der Waals surface area contributed by atoms with Crippen LogP contribution in [0.25, 0.3) is 0 Å². The van der Waals surface area contributed by atoms with Crippen LogP contribution in [0.15, 0.2) is 17.0 Å². The van der Waals surface area contributed by atoms with E-state index < -0.39 is 44.3 Å². The van der Waals surface area contributed by atoms with E-state index in [-0.39, 0.29) is 13.1 Å². The molecular formula is C12H12F3NO4S. The summed E-state index contributed by atoms with van der Waals surface area (Å²) in [5, 5.41) is 8.92. The zero-order valence-corrected chi connectivity index (χ0v) is 11.5. The van der Waals surface area contributed by atoms with Crippen molar-refractivity contribution < 1.29 is 31.5 Å². The maximum absolute atomic E-state index is 13.6. The molecule has 0 radical (unpaired) electrons. The van der Waals surface area contributed by atoms with Gasteiger partial charge in [-0.3, -0.25) is 4.79 Å². The van der Waals surface area contributed by atoms with Crippen molar-refractivity contribution >= 4 is 16.0 Å². The minimum atomic E-state index is -4.41. The molecule has 0 spiro atoms. The third kappa shape index (κ3) is 2.88. The molecule has 116 valence electrons. The number of rotatable bonds is 3. The minimum absolute atomic E-state index is 0.00451. The molecule has 0 aromatic heterocycles. The van der Waals surface area contributed by atoms with Crippen LogP contribution < -0.4 is 0 Å². The average molecular weight is 323 g/mol. The summed E-state index contributed by atoms with van der Waals surface area (Å²) in [4.78, 5) is 9.93. The second kappa shape index (κ2) is 5.64. The van der Waals surface area contributed by atoms with Crippen molar-refractivity contribution in [3.63, 3.8) is 0 Å². The molecule has 21 heavy (non-hydrogen) atoms. The predicted octanol–water partition coefficient (Wildman–Crippen LogP) is 1.59. The Balaban J connectivity index is 2.38. The fourth-order valence-corrected chi connectivity index (χ4v) is 3.79. The van der Waals surface area contributed by atoms with Crippen LogP contribution in [0.4, 0.5) is 13.2 Å². The van der Waals surface area contributed by atoms with Gasteiger partial charge in [-0.2, -0.15) is 4.31 Å².